The minimum atomic E-state index is -0.740. The Balaban J connectivity index is 0.00000256. The van der Waals surface area contributed by atoms with Crippen molar-refractivity contribution < 1.29 is 14.6 Å². The number of aliphatic hydroxyl groups is 1. The first-order valence-electron chi connectivity index (χ1n) is 4.98. The van der Waals surface area contributed by atoms with Crippen molar-refractivity contribution in [1.82, 2.24) is 4.90 Å². The first kappa shape index (κ1) is 15.7. The molecule has 1 aliphatic heterocycles. The average molecular weight is 244 g/mol. The van der Waals surface area contributed by atoms with Gasteiger partial charge in [-0.1, -0.05) is 25.5 Å². The Kier molecular flexibility index (Phi) is 6.55. The molecule has 1 rings (SSSR count). The number of urea groups is 1. The lowest BCUT2D eigenvalue weighted by Gasteiger charge is -2.25. The number of carbonyl (C=O) groups excluding carboxylic acids is 1. The van der Waals surface area contributed by atoms with E-state index in [1.807, 2.05) is 0 Å². The highest BCUT2D eigenvalue weighted by atomic mass is 16.5. The van der Waals surface area contributed by atoms with Gasteiger partial charge < -0.3 is 15.6 Å². The van der Waals surface area contributed by atoms with Gasteiger partial charge in [0.2, 0.25) is 0 Å². The summed E-state index contributed by atoms with van der Waals surface area (Å²) < 4.78 is 5.28. The van der Waals surface area contributed by atoms with Crippen LogP contribution < -0.4 is 5.73 Å². The number of hydrogen-bond donors (Lipinski definition) is 3. The van der Waals surface area contributed by atoms with Crippen LogP contribution in [0, 0.1) is 11.4 Å². The van der Waals surface area contributed by atoms with Crippen LogP contribution in [0.25, 0.3) is 0 Å². The Morgan fingerprint density at radius 3 is 2.82 bits per heavy atom. The minimum absolute atomic E-state index is 0. The van der Waals surface area contributed by atoms with E-state index in [2.05, 4.69) is 5.11 Å². The molecule has 0 aliphatic carbocycles. The van der Waals surface area contributed by atoms with Crippen LogP contribution in [-0.4, -0.2) is 41.5 Å². The average Bonchev–Trinajstić information content (AvgIpc) is 2.61. The molecular formula is C10H20N4O3. The van der Waals surface area contributed by atoms with Crippen molar-refractivity contribution in [3.63, 3.8) is 0 Å². The molecule has 2 unspecified atom stereocenters. The maximum Gasteiger partial charge on any atom is 0.367 e. The van der Waals surface area contributed by atoms with Gasteiger partial charge in [-0.25, -0.2) is 4.79 Å². The predicted octanol–water partition coefficient (Wildman–Crippen LogP) is 0.901. The van der Waals surface area contributed by atoms with Crippen LogP contribution in [0.15, 0.2) is 17.4 Å². The molecule has 3 atom stereocenters. The second-order valence-corrected chi connectivity index (χ2v) is 3.57. The molecule has 0 aromatic heterocycles. The summed E-state index contributed by atoms with van der Waals surface area (Å²) in [6.07, 6.45) is 1.78. The van der Waals surface area contributed by atoms with Gasteiger partial charge in [-0.05, 0) is 0 Å². The van der Waals surface area contributed by atoms with Crippen molar-refractivity contribution in [2.24, 2.45) is 16.8 Å². The van der Waals surface area contributed by atoms with Crippen molar-refractivity contribution in [3.8, 4) is 0 Å². The van der Waals surface area contributed by atoms with Crippen molar-refractivity contribution in [2.75, 3.05) is 13.2 Å². The van der Waals surface area contributed by atoms with E-state index in [1.165, 1.54) is 11.1 Å². The monoisotopic (exact) mass is 244 g/mol. The van der Waals surface area contributed by atoms with E-state index in [9.17, 15) is 9.90 Å². The molecule has 98 valence electrons. The van der Waals surface area contributed by atoms with Crippen LogP contribution in [0.4, 0.5) is 4.79 Å². The molecule has 1 fully saturated rings. The Morgan fingerprint density at radius 2 is 2.41 bits per heavy atom. The largest absolute Gasteiger partial charge is 0.390 e. The number of aliphatic hydroxyl groups excluding tert-OH is 1. The zero-order valence-electron chi connectivity index (χ0n) is 9.04. The standard InChI is InChI=1S/C9H16N4O3.CH4/c1-6-7(14)5-16-8(6)13(4-2-3-10)9(15)12-11;/h2,4,6-8,11,14H,3,5,10H2,1H3;1H4/b4-2-,12-11?;/t6?,7-,8?;/m0./s1. The van der Waals surface area contributed by atoms with E-state index >= 15 is 0 Å². The van der Waals surface area contributed by atoms with Crippen molar-refractivity contribution >= 4 is 6.03 Å². The third-order valence-corrected chi connectivity index (χ3v) is 2.49. The number of nitrogens with zero attached hydrogens (tertiary/aromatic N) is 2. The van der Waals surface area contributed by atoms with Gasteiger partial charge in [0, 0.05) is 18.7 Å². The van der Waals surface area contributed by atoms with Crippen LogP contribution >= 0.6 is 0 Å². The van der Waals surface area contributed by atoms with Gasteiger partial charge >= 0.3 is 6.03 Å². The van der Waals surface area contributed by atoms with E-state index in [1.54, 1.807) is 13.0 Å². The maximum absolute atomic E-state index is 11.4. The molecule has 4 N–H and O–H groups in total. The molecule has 0 aromatic rings. The third kappa shape index (κ3) is 3.58. The molecule has 1 heterocycles. The highest BCUT2D eigenvalue weighted by Gasteiger charge is 2.38. The first-order valence-corrected chi connectivity index (χ1v) is 4.98. The number of hydrogen-bond acceptors (Lipinski definition) is 5. The van der Waals surface area contributed by atoms with Gasteiger partial charge in [0.1, 0.15) is 6.23 Å². The highest BCUT2D eigenvalue weighted by Crippen LogP contribution is 2.24. The zero-order valence-corrected chi connectivity index (χ0v) is 9.04. The van der Waals surface area contributed by atoms with E-state index in [0.717, 1.165) is 0 Å². The van der Waals surface area contributed by atoms with E-state index in [-0.39, 0.29) is 26.5 Å². The molecule has 1 aliphatic rings. The van der Waals surface area contributed by atoms with Crippen LogP contribution in [0.2, 0.25) is 0 Å². The maximum atomic E-state index is 11.4. The Morgan fingerprint density at radius 1 is 1.76 bits per heavy atom. The molecule has 0 bridgehead atoms. The zero-order chi connectivity index (χ0) is 12.1. The topological polar surface area (TPSA) is 112 Å². The van der Waals surface area contributed by atoms with Crippen molar-refractivity contribution in [3.05, 3.63) is 12.3 Å². The molecule has 1 saturated heterocycles. The number of nitrogens with two attached hydrogens (primary N) is 1. The van der Waals surface area contributed by atoms with E-state index < -0.39 is 18.4 Å². The van der Waals surface area contributed by atoms with Crippen LogP contribution in [0.5, 0.6) is 0 Å². The van der Waals surface area contributed by atoms with Crippen LogP contribution in [0.1, 0.15) is 14.4 Å². The number of ether oxygens (including phenoxy) is 1. The summed E-state index contributed by atoms with van der Waals surface area (Å²) >= 11 is 0. The summed E-state index contributed by atoms with van der Waals surface area (Å²) in [7, 11) is 0. The van der Waals surface area contributed by atoms with E-state index in [4.69, 9.17) is 16.0 Å². The van der Waals surface area contributed by atoms with E-state index in [0.29, 0.717) is 0 Å². The minimum Gasteiger partial charge on any atom is -0.390 e. The summed E-state index contributed by atoms with van der Waals surface area (Å²) in [5.41, 5.74) is 12.0. The van der Waals surface area contributed by atoms with Crippen LogP contribution in [0.3, 0.4) is 0 Å². The molecule has 0 radical (unpaired) electrons. The second-order valence-electron chi connectivity index (χ2n) is 3.57. The van der Waals surface area contributed by atoms with Gasteiger partial charge in [0.25, 0.3) is 0 Å². The Hall–Kier alpha value is -1.31. The third-order valence-electron chi connectivity index (χ3n) is 2.49. The van der Waals surface area contributed by atoms with Gasteiger partial charge in [-0.2, -0.15) is 5.53 Å². The molecule has 0 saturated carbocycles. The Labute approximate surface area is 101 Å². The van der Waals surface area contributed by atoms with Crippen LogP contribution in [-0.2, 0) is 4.74 Å². The molecule has 0 spiro atoms. The molecule has 7 heteroatoms. The number of carbonyl (C=O) groups is 1. The normalized spacial score (nSPS) is 27.8. The van der Waals surface area contributed by atoms with Gasteiger partial charge in [-0.15, -0.1) is 0 Å². The van der Waals surface area contributed by atoms with Crippen molar-refractivity contribution in [2.45, 2.75) is 26.7 Å². The molecule has 17 heavy (non-hydrogen) atoms. The summed E-state index contributed by atoms with van der Waals surface area (Å²) in [4.78, 5) is 12.5. The SMILES string of the molecule is C.CC1C(N(/C=C\CN)C(=O)N=N)OC[C@@H]1O. The summed E-state index contributed by atoms with van der Waals surface area (Å²) in [5.74, 6) is -0.229. The molecule has 2 amide bonds. The molecule has 0 aromatic carbocycles. The van der Waals surface area contributed by atoms with Gasteiger partial charge in [0.15, 0.2) is 0 Å². The fourth-order valence-electron chi connectivity index (χ4n) is 1.51. The predicted molar refractivity (Wildman–Crippen MR) is 62.2 cm³/mol. The smallest absolute Gasteiger partial charge is 0.367 e. The fraction of sp³-hybridized carbons (Fsp3) is 0.700. The van der Waals surface area contributed by atoms with Gasteiger partial charge in [0.05, 0.1) is 12.7 Å². The molecule has 7 nitrogen and oxygen atoms in total. The summed E-state index contributed by atoms with van der Waals surface area (Å²) in [6, 6.07) is -0.740. The van der Waals surface area contributed by atoms with Crippen molar-refractivity contribution in [1.29, 1.82) is 5.53 Å². The lowest BCUT2D eigenvalue weighted by molar-refractivity contribution is 0.0104. The fourth-order valence-corrected chi connectivity index (χ4v) is 1.51. The number of amides is 2. The summed E-state index contributed by atoms with van der Waals surface area (Å²) in [6.45, 7) is 2.21. The summed E-state index contributed by atoms with van der Waals surface area (Å²) in [5, 5.41) is 12.3. The lowest BCUT2D eigenvalue weighted by Crippen LogP contribution is -2.38. The Bertz CT molecular complexity index is 295. The quantitative estimate of drug-likeness (QED) is 0.640. The lowest BCUT2D eigenvalue weighted by atomic mass is 10.1. The second kappa shape index (κ2) is 7.10. The highest BCUT2D eigenvalue weighted by molar-refractivity contribution is 5.75. The number of nitrogens with one attached hydrogen (secondary N) is 1. The number of rotatable bonds is 3. The molecular weight excluding hydrogens is 224 g/mol. The van der Waals surface area contributed by atoms with Gasteiger partial charge in [-0.3, -0.25) is 4.90 Å². The first-order chi connectivity index (χ1) is 7.61.